The molecule has 0 aliphatic carbocycles. The van der Waals surface area contributed by atoms with Crippen LogP contribution in [0.25, 0.3) is 0 Å². The second-order valence-corrected chi connectivity index (χ2v) is 8.41. The maximum Gasteiger partial charge on any atom is 0.254 e. The molecule has 1 fully saturated rings. The van der Waals surface area contributed by atoms with Crippen LogP contribution in [0.4, 0.5) is 5.69 Å². The van der Waals surface area contributed by atoms with E-state index in [-0.39, 0.29) is 11.8 Å². The van der Waals surface area contributed by atoms with Gasteiger partial charge in [-0.05, 0) is 41.8 Å². The Labute approximate surface area is 186 Å². The van der Waals surface area contributed by atoms with Crippen molar-refractivity contribution >= 4 is 28.8 Å². The Morgan fingerprint density at radius 3 is 2.48 bits per heavy atom. The Kier molecular flexibility index (Phi) is 6.96. The molecule has 0 atom stereocenters. The number of hydrogen-bond donors (Lipinski definition) is 1. The van der Waals surface area contributed by atoms with Gasteiger partial charge in [-0.15, -0.1) is 11.3 Å². The first-order valence-electron chi connectivity index (χ1n) is 10.3. The van der Waals surface area contributed by atoms with Gasteiger partial charge >= 0.3 is 0 Å². The molecule has 4 rings (SSSR count). The van der Waals surface area contributed by atoms with Crippen molar-refractivity contribution in [3.05, 3.63) is 82.6 Å². The fourth-order valence-corrected chi connectivity index (χ4v) is 4.10. The van der Waals surface area contributed by atoms with Gasteiger partial charge in [-0.2, -0.15) is 0 Å². The van der Waals surface area contributed by atoms with Crippen LogP contribution in [0.1, 0.15) is 15.2 Å². The molecule has 2 heterocycles. The summed E-state index contributed by atoms with van der Waals surface area (Å²) in [6.07, 6.45) is 0. The van der Waals surface area contributed by atoms with Crippen LogP contribution < -0.4 is 10.1 Å². The van der Waals surface area contributed by atoms with Crippen molar-refractivity contribution in [1.82, 2.24) is 9.80 Å². The summed E-state index contributed by atoms with van der Waals surface area (Å²) in [5, 5.41) is 4.92. The largest absolute Gasteiger partial charge is 0.488 e. The summed E-state index contributed by atoms with van der Waals surface area (Å²) in [6.45, 7) is 3.35. The van der Waals surface area contributed by atoms with Gasteiger partial charge in [-0.25, -0.2) is 0 Å². The monoisotopic (exact) mass is 435 g/mol. The molecule has 2 amide bonds. The molecule has 1 aromatic heterocycles. The first-order chi connectivity index (χ1) is 15.2. The minimum atomic E-state index is -0.0402. The number of amides is 2. The van der Waals surface area contributed by atoms with Gasteiger partial charge in [-0.1, -0.05) is 30.3 Å². The normalized spacial score (nSPS) is 14.3. The first kappa shape index (κ1) is 21.1. The Hall–Kier alpha value is -3.16. The lowest BCUT2D eigenvalue weighted by molar-refractivity contribution is -0.117. The van der Waals surface area contributed by atoms with Crippen LogP contribution in [0.15, 0.2) is 72.1 Å². The van der Waals surface area contributed by atoms with Gasteiger partial charge in [0, 0.05) is 42.3 Å². The zero-order valence-electron chi connectivity index (χ0n) is 17.2. The number of hydrogen-bond acceptors (Lipinski definition) is 5. The van der Waals surface area contributed by atoms with Crippen LogP contribution in [0, 0.1) is 0 Å². The lowest BCUT2D eigenvalue weighted by Gasteiger charge is -2.34. The minimum Gasteiger partial charge on any atom is -0.488 e. The topological polar surface area (TPSA) is 61.9 Å². The Balaban J connectivity index is 1.26. The van der Waals surface area contributed by atoms with Crippen LogP contribution in [-0.4, -0.2) is 54.3 Å². The van der Waals surface area contributed by atoms with Crippen LogP contribution in [0.2, 0.25) is 0 Å². The summed E-state index contributed by atoms with van der Waals surface area (Å²) < 4.78 is 5.83. The van der Waals surface area contributed by atoms with Crippen LogP contribution in [0.5, 0.6) is 5.75 Å². The number of rotatable bonds is 7. The first-order valence-corrected chi connectivity index (χ1v) is 11.2. The van der Waals surface area contributed by atoms with E-state index in [1.165, 1.54) is 0 Å². The predicted octanol–water partition coefficient (Wildman–Crippen LogP) is 3.72. The number of benzene rings is 2. The van der Waals surface area contributed by atoms with Crippen LogP contribution in [-0.2, 0) is 11.4 Å². The molecule has 0 unspecified atom stereocenters. The number of nitrogens with zero attached hydrogens (tertiary/aromatic N) is 2. The van der Waals surface area contributed by atoms with E-state index in [4.69, 9.17) is 4.74 Å². The lowest BCUT2D eigenvalue weighted by atomic mass is 10.1. The predicted molar refractivity (Wildman–Crippen MR) is 123 cm³/mol. The second kappa shape index (κ2) is 10.2. The molecule has 0 bridgehead atoms. The SMILES string of the molecule is O=C(CN1CCN(C(=O)c2cccc(OCc3cccs3)c2)CC1)Nc1ccccc1. The number of nitrogens with one attached hydrogen (secondary N) is 1. The summed E-state index contributed by atoms with van der Waals surface area (Å²) in [6, 6.07) is 20.8. The average Bonchev–Trinajstić information content (AvgIpc) is 3.32. The molecule has 0 spiro atoms. The Morgan fingerprint density at radius 1 is 0.935 bits per heavy atom. The molecule has 6 nitrogen and oxygen atoms in total. The summed E-state index contributed by atoms with van der Waals surface area (Å²) in [7, 11) is 0. The zero-order chi connectivity index (χ0) is 21.5. The van der Waals surface area contributed by atoms with E-state index >= 15 is 0 Å². The summed E-state index contributed by atoms with van der Waals surface area (Å²) in [5.41, 5.74) is 1.42. The van der Waals surface area contributed by atoms with Gasteiger partial charge in [-0.3, -0.25) is 14.5 Å². The second-order valence-electron chi connectivity index (χ2n) is 7.38. The van der Waals surface area contributed by atoms with Crippen LogP contribution >= 0.6 is 11.3 Å². The van der Waals surface area contributed by atoms with Crippen molar-refractivity contribution in [3.63, 3.8) is 0 Å². The zero-order valence-corrected chi connectivity index (χ0v) is 18.0. The van der Waals surface area contributed by atoms with Gasteiger partial charge < -0.3 is 15.0 Å². The third kappa shape index (κ3) is 5.93. The van der Waals surface area contributed by atoms with E-state index < -0.39 is 0 Å². The fraction of sp³-hybridized carbons (Fsp3) is 0.250. The number of ether oxygens (including phenoxy) is 1. The third-order valence-electron chi connectivity index (χ3n) is 5.13. The van der Waals surface area contributed by atoms with Crippen molar-refractivity contribution < 1.29 is 14.3 Å². The molecular weight excluding hydrogens is 410 g/mol. The van der Waals surface area contributed by atoms with Gasteiger partial charge in [0.25, 0.3) is 5.91 Å². The van der Waals surface area contributed by atoms with Crippen molar-refractivity contribution in [2.24, 2.45) is 0 Å². The summed E-state index contributed by atoms with van der Waals surface area (Å²) >= 11 is 1.65. The molecule has 3 aromatic rings. The number of piperazine rings is 1. The molecule has 1 aliphatic rings. The Morgan fingerprint density at radius 2 is 1.74 bits per heavy atom. The molecule has 0 saturated carbocycles. The lowest BCUT2D eigenvalue weighted by Crippen LogP contribution is -2.50. The summed E-state index contributed by atoms with van der Waals surface area (Å²) in [4.78, 5) is 30.2. The highest BCUT2D eigenvalue weighted by Gasteiger charge is 2.23. The quantitative estimate of drug-likeness (QED) is 0.614. The smallest absolute Gasteiger partial charge is 0.254 e. The number of thiophene rings is 1. The van der Waals surface area contributed by atoms with E-state index in [0.717, 1.165) is 10.6 Å². The van der Waals surface area contributed by atoms with E-state index in [1.807, 2.05) is 70.9 Å². The molecule has 2 aromatic carbocycles. The van der Waals surface area contributed by atoms with Gasteiger partial charge in [0.15, 0.2) is 0 Å². The molecule has 1 aliphatic heterocycles. The molecule has 160 valence electrons. The maximum atomic E-state index is 12.9. The van der Waals surface area contributed by atoms with Gasteiger partial charge in [0.05, 0.1) is 6.54 Å². The average molecular weight is 436 g/mol. The Bertz CT molecular complexity index is 1000. The van der Waals surface area contributed by atoms with E-state index in [2.05, 4.69) is 10.2 Å². The standard InChI is InChI=1S/C24H25N3O3S/c28-23(25-20-7-2-1-3-8-20)17-26-11-13-27(14-12-26)24(29)19-6-4-9-21(16-19)30-18-22-10-5-15-31-22/h1-10,15-16H,11-14,17-18H2,(H,25,28). The highest BCUT2D eigenvalue weighted by atomic mass is 32.1. The number of carbonyl (C=O) groups excluding carboxylic acids is 2. The van der Waals surface area contributed by atoms with Gasteiger partial charge in [0.1, 0.15) is 12.4 Å². The molecular formula is C24H25N3O3S. The highest BCUT2D eigenvalue weighted by Crippen LogP contribution is 2.19. The van der Waals surface area contributed by atoms with E-state index in [1.54, 1.807) is 17.4 Å². The maximum absolute atomic E-state index is 12.9. The molecule has 0 radical (unpaired) electrons. The van der Waals surface area contributed by atoms with E-state index in [0.29, 0.717) is 50.6 Å². The molecule has 31 heavy (non-hydrogen) atoms. The van der Waals surface area contributed by atoms with Crippen molar-refractivity contribution in [2.75, 3.05) is 38.0 Å². The van der Waals surface area contributed by atoms with Crippen molar-refractivity contribution in [2.45, 2.75) is 6.61 Å². The fourth-order valence-electron chi connectivity index (χ4n) is 3.48. The molecule has 7 heteroatoms. The highest BCUT2D eigenvalue weighted by molar-refractivity contribution is 7.09. The third-order valence-corrected chi connectivity index (χ3v) is 5.98. The number of anilines is 1. The molecule has 1 saturated heterocycles. The van der Waals surface area contributed by atoms with Gasteiger partial charge in [0.2, 0.25) is 5.91 Å². The van der Waals surface area contributed by atoms with Crippen LogP contribution in [0.3, 0.4) is 0 Å². The number of carbonyl (C=O) groups is 2. The molecule has 1 N–H and O–H groups in total. The van der Waals surface area contributed by atoms with Crippen molar-refractivity contribution in [1.29, 1.82) is 0 Å². The minimum absolute atomic E-state index is 0.00467. The number of para-hydroxylation sites is 1. The summed E-state index contributed by atoms with van der Waals surface area (Å²) in [5.74, 6) is 0.645. The van der Waals surface area contributed by atoms with E-state index in [9.17, 15) is 9.59 Å². The van der Waals surface area contributed by atoms with Crippen molar-refractivity contribution in [3.8, 4) is 5.75 Å².